The molecule has 0 amide bonds. The van der Waals surface area contributed by atoms with Crippen molar-refractivity contribution in [3.63, 3.8) is 0 Å². The molecule has 0 aliphatic carbocycles. The molecule has 6 heteroatoms. The Morgan fingerprint density at radius 2 is 1.56 bits per heavy atom. The Labute approximate surface area is 156 Å². The van der Waals surface area contributed by atoms with Crippen LogP contribution in [0.1, 0.15) is 43.0 Å². The molecule has 0 aromatic heterocycles. The Balaban J connectivity index is 2.34. The molecule has 0 atom stereocenters. The van der Waals surface area contributed by atoms with Crippen LogP contribution in [0.15, 0.2) is 24.3 Å². The van der Waals surface area contributed by atoms with Crippen LogP contribution in [0.4, 0.5) is 0 Å². The fourth-order valence-corrected chi connectivity index (χ4v) is 2.68. The second kappa shape index (κ2) is 7.23. The van der Waals surface area contributed by atoms with E-state index in [9.17, 15) is 10.4 Å². The molecule has 2 rings (SSSR count). The molecule has 4 nitrogen and oxygen atoms in total. The van der Waals surface area contributed by atoms with E-state index in [2.05, 4.69) is 20.8 Å². The topological polar surface area (TPSA) is 77.0 Å². The largest absolute Gasteiger partial charge is 0.505 e. The predicted octanol–water partition coefficient (Wildman–Crippen LogP) is 5.32. The molecule has 128 valence electrons. The average molecular weight is 375 g/mol. The molecule has 0 radical (unpaired) electrons. The van der Waals surface area contributed by atoms with E-state index in [-0.39, 0.29) is 38.9 Å². The number of hydrogen-bond donors (Lipinski definition) is 1. The molecule has 2 aromatic rings. The van der Waals surface area contributed by atoms with Gasteiger partial charge in [-0.25, -0.2) is 0 Å². The van der Waals surface area contributed by atoms with Gasteiger partial charge in [0.15, 0.2) is 11.5 Å². The van der Waals surface area contributed by atoms with Gasteiger partial charge >= 0.3 is 0 Å². The summed E-state index contributed by atoms with van der Waals surface area (Å²) in [4.78, 5) is 0. The second-order valence-corrected chi connectivity index (χ2v) is 7.27. The number of ether oxygens (including phenoxy) is 1. The highest BCUT2D eigenvalue weighted by molar-refractivity contribution is 6.44. The summed E-state index contributed by atoms with van der Waals surface area (Å²) in [5.74, 6) is -0.531. The number of benzene rings is 2. The molecule has 0 saturated heterocycles. The van der Waals surface area contributed by atoms with E-state index in [1.54, 1.807) is 6.07 Å². The van der Waals surface area contributed by atoms with E-state index >= 15 is 0 Å². The molecule has 0 spiro atoms. The first-order valence-electron chi connectivity index (χ1n) is 7.47. The van der Waals surface area contributed by atoms with Crippen LogP contribution in [0.2, 0.25) is 10.0 Å². The average Bonchev–Trinajstić information content (AvgIpc) is 2.58. The van der Waals surface area contributed by atoms with Gasteiger partial charge in [-0.2, -0.15) is 10.5 Å². The van der Waals surface area contributed by atoms with Crippen molar-refractivity contribution in [3.8, 4) is 23.6 Å². The summed E-state index contributed by atoms with van der Waals surface area (Å²) in [5.41, 5.74) is 1.71. The highest BCUT2D eigenvalue weighted by atomic mass is 35.5. The maximum absolute atomic E-state index is 9.86. The Morgan fingerprint density at radius 1 is 1.00 bits per heavy atom. The summed E-state index contributed by atoms with van der Waals surface area (Å²) in [6, 6.07) is 11.5. The number of rotatable bonds is 3. The maximum atomic E-state index is 9.86. The fourth-order valence-electron chi connectivity index (χ4n) is 2.26. The van der Waals surface area contributed by atoms with E-state index in [4.69, 9.17) is 33.2 Å². The number of halogens is 2. The van der Waals surface area contributed by atoms with Crippen LogP contribution in [0, 0.1) is 22.7 Å². The normalized spacial score (nSPS) is 10.8. The highest BCUT2D eigenvalue weighted by Crippen LogP contribution is 2.44. The van der Waals surface area contributed by atoms with E-state index in [0.29, 0.717) is 0 Å². The first-order valence-corrected chi connectivity index (χ1v) is 8.22. The minimum atomic E-state index is -0.521. The summed E-state index contributed by atoms with van der Waals surface area (Å²) in [6.07, 6.45) is 0. The van der Waals surface area contributed by atoms with E-state index in [0.717, 1.165) is 5.56 Å². The second-order valence-electron chi connectivity index (χ2n) is 6.51. The van der Waals surface area contributed by atoms with E-state index in [1.165, 1.54) is 5.56 Å². The molecule has 2 aromatic carbocycles. The first-order chi connectivity index (χ1) is 11.7. The van der Waals surface area contributed by atoms with Crippen molar-refractivity contribution in [2.24, 2.45) is 0 Å². The van der Waals surface area contributed by atoms with Crippen molar-refractivity contribution in [2.75, 3.05) is 0 Å². The molecule has 0 heterocycles. The lowest BCUT2D eigenvalue weighted by Crippen LogP contribution is -2.11. The summed E-state index contributed by atoms with van der Waals surface area (Å²) in [7, 11) is 0. The molecule has 0 saturated carbocycles. The summed E-state index contributed by atoms with van der Waals surface area (Å²) in [5, 5.41) is 28.0. The zero-order chi connectivity index (χ0) is 18.8. The number of phenols is 1. The van der Waals surface area contributed by atoms with Crippen molar-refractivity contribution in [1.29, 1.82) is 10.5 Å². The zero-order valence-corrected chi connectivity index (χ0v) is 15.5. The quantitative estimate of drug-likeness (QED) is 0.788. The monoisotopic (exact) mass is 374 g/mol. The molecule has 0 bridgehead atoms. The first kappa shape index (κ1) is 18.9. The van der Waals surface area contributed by atoms with E-state index < -0.39 is 5.75 Å². The lowest BCUT2D eigenvalue weighted by atomic mass is 9.87. The van der Waals surface area contributed by atoms with Crippen LogP contribution in [-0.4, -0.2) is 5.11 Å². The van der Waals surface area contributed by atoms with Crippen molar-refractivity contribution in [2.45, 2.75) is 32.8 Å². The number of nitrogens with zero attached hydrogens (tertiary/aromatic N) is 2. The molecule has 0 aliphatic heterocycles. The van der Waals surface area contributed by atoms with Gasteiger partial charge in [-0.05, 0) is 16.5 Å². The van der Waals surface area contributed by atoms with Crippen LogP contribution >= 0.6 is 23.2 Å². The Bertz CT molecular complexity index is 886. The van der Waals surface area contributed by atoms with Gasteiger partial charge in [0.1, 0.15) is 39.9 Å². The Hall–Kier alpha value is -2.40. The molecule has 0 aliphatic rings. The van der Waals surface area contributed by atoms with Crippen LogP contribution < -0.4 is 4.74 Å². The number of phenolic OH excluding ortho intramolecular Hbond substituents is 1. The minimum absolute atomic E-state index is 0.0107. The zero-order valence-electron chi connectivity index (χ0n) is 14.0. The van der Waals surface area contributed by atoms with E-state index in [1.807, 2.05) is 30.3 Å². The third-order valence-corrected chi connectivity index (χ3v) is 4.57. The third kappa shape index (κ3) is 3.82. The lowest BCUT2D eigenvalue weighted by molar-refractivity contribution is 0.304. The van der Waals surface area contributed by atoms with Gasteiger partial charge in [-0.3, -0.25) is 0 Å². The fraction of sp³-hybridized carbons (Fsp3) is 0.263. The van der Waals surface area contributed by atoms with Crippen LogP contribution in [-0.2, 0) is 12.0 Å². The van der Waals surface area contributed by atoms with Crippen molar-refractivity contribution >= 4 is 23.2 Å². The van der Waals surface area contributed by atoms with Crippen molar-refractivity contribution < 1.29 is 9.84 Å². The van der Waals surface area contributed by atoms with Crippen LogP contribution in [0.5, 0.6) is 11.5 Å². The van der Waals surface area contributed by atoms with Gasteiger partial charge in [0, 0.05) is 0 Å². The minimum Gasteiger partial charge on any atom is -0.505 e. The van der Waals surface area contributed by atoms with Gasteiger partial charge < -0.3 is 9.84 Å². The van der Waals surface area contributed by atoms with Gasteiger partial charge in [0.25, 0.3) is 0 Å². The molecule has 1 N–H and O–H groups in total. The van der Waals surface area contributed by atoms with Gasteiger partial charge in [-0.1, -0.05) is 68.2 Å². The number of hydrogen-bond acceptors (Lipinski definition) is 4. The van der Waals surface area contributed by atoms with Crippen LogP contribution in [0.3, 0.4) is 0 Å². The summed E-state index contributed by atoms with van der Waals surface area (Å²) >= 11 is 12.0. The Kier molecular flexibility index (Phi) is 5.48. The highest BCUT2D eigenvalue weighted by Gasteiger charge is 2.23. The van der Waals surface area contributed by atoms with Crippen molar-refractivity contribution in [1.82, 2.24) is 0 Å². The van der Waals surface area contributed by atoms with Gasteiger partial charge in [0.2, 0.25) is 0 Å². The molecular weight excluding hydrogens is 359 g/mol. The lowest BCUT2D eigenvalue weighted by Gasteiger charge is -2.19. The van der Waals surface area contributed by atoms with Gasteiger partial charge in [-0.15, -0.1) is 0 Å². The number of aromatic hydroxyl groups is 1. The molecule has 0 unspecified atom stereocenters. The Morgan fingerprint density at radius 3 is 2.04 bits per heavy atom. The standard InChI is InChI=1S/C19H16Cl2N2O2/c1-19(2,3)12-6-4-11(5-7-12)10-25-18-14(9-23)13(8-22)17(24)15(20)16(18)21/h4-7,24H,10H2,1-3H3. The maximum Gasteiger partial charge on any atom is 0.159 e. The SMILES string of the molecule is CC(C)(C)c1ccc(COc2c(Cl)c(Cl)c(O)c(C#N)c2C#N)cc1. The smallest absolute Gasteiger partial charge is 0.159 e. The van der Waals surface area contributed by atoms with Crippen molar-refractivity contribution in [3.05, 3.63) is 56.6 Å². The summed E-state index contributed by atoms with van der Waals surface area (Å²) in [6.45, 7) is 6.52. The van der Waals surface area contributed by atoms with Crippen LogP contribution in [0.25, 0.3) is 0 Å². The molecular formula is C19H16Cl2N2O2. The predicted molar refractivity (Wildman–Crippen MR) is 97.0 cm³/mol. The van der Waals surface area contributed by atoms with Gasteiger partial charge in [0.05, 0.1) is 0 Å². The third-order valence-electron chi connectivity index (χ3n) is 3.74. The molecule has 25 heavy (non-hydrogen) atoms. The number of nitriles is 2. The summed E-state index contributed by atoms with van der Waals surface area (Å²) < 4.78 is 5.65. The molecule has 0 fully saturated rings.